The van der Waals surface area contributed by atoms with Crippen LogP contribution in [0.1, 0.15) is 4.88 Å². The predicted molar refractivity (Wildman–Crippen MR) is 47.1 cm³/mol. The molecule has 0 aromatic carbocycles. The number of amides is 1. The predicted octanol–water partition coefficient (Wildman–Crippen LogP) is 1.14. The van der Waals surface area contributed by atoms with E-state index in [0.29, 0.717) is 0 Å². The van der Waals surface area contributed by atoms with Gasteiger partial charge in [0, 0.05) is 4.88 Å². The number of nitriles is 1. The highest BCUT2D eigenvalue weighted by molar-refractivity contribution is 7.10. The van der Waals surface area contributed by atoms with Gasteiger partial charge < -0.3 is 5.73 Å². The summed E-state index contributed by atoms with van der Waals surface area (Å²) in [4.78, 5) is 11.4. The van der Waals surface area contributed by atoms with Gasteiger partial charge in [-0.2, -0.15) is 5.26 Å². The van der Waals surface area contributed by atoms with Gasteiger partial charge in [-0.05, 0) is 17.5 Å². The van der Waals surface area contributed by atoms with E-state index in [1.54, 1.807) is 6.07 Å². The molecule has 0 atom stereocenters. The minimum atomic E-state index is -0.689. The minimum Gasteiger partial charge on any atom is -0.365 e. The van der Waals surface area contributed by atoms with E-state index in [9.17, 15) is 4.79 Å². The molecule has 2 N–H and O–H groups in total. The molecule has 0 fully saturated rings. The van der Waals surface area contributed by atoms with Gasteiger partial charge in [-0.25, -0.2) is 0 Å². The first-order valence-electron chi connectivity index (χ1n) is 3.19. The highest BCUT2D eigenvalue weighted by atomic mass is 32.1. The van der Waals surface area contributed by atoms with Gasteiger partial charge >= 0.3 is 0 Å². The van der Waals surface area contributed by atoms with Crippen molar-refractivity contribution < 1.29 is 4.79 Å². The largest absolute Gasteiger partial charge is 0.365 e. The molecule has 60 valence electrons. The Morgan fingerprint density at radius 1 is 1.75 bits per heavy atom. The Hall–Kier alpha value is -1.60. The maximum atomic E-state index is 10.6. The van der Waals surface area contributed by atoms with Crippen molar-refractivity contribution in [2.75, 3.05) is 0 Å². The zero-order chi connectivity index (χ0) is 8.97. The smallest absolute Gasteiger partial charge is 0.259 e. The number of nitrogens with zero attached hydrogens (tertiary/aromatic N) is 1. The van der Waals surface area contributed by atoms with E-state index in [4.69, 9.17) is 11.0 Å². The number of carbonyl (C=O) groups is 1. The lowest BCUT2D eigenvalue weighted by Crippen LogP contribution is -2.12. The van der Waals surface area contributed by atoms with E-state index in [1.807, 2.05) is 17.5 Å². The molecule has 1 amide bonds. The van der Waals surface area contributed by atoms with E-state index < -0.39 is 5.91 Å². The second kappa shape index (κ2) is 3.69. The number of carbonyl (C=O) groups excluding carboxylic acids is 1. The highest BCUT2D eigenvalue weighted by Crippen LogP contribution is 2.12. The van der Waals surface area contributed by atoms with Crippen LogP contribution in [0.5, 0.6) is 0 Å². The Morgan fingerprint density at radius 3 is 2.92 bits per heavy atom. The maximum Gasteiger partial charge on any atom is 0.259 e. The summed E-state index contributed by atoms with van der Waals surface area (Å²) in [6.45, 7) is 0. The lowest BCUT2D eigenvalue weighted by atomic mass is 10.2. The third kappa shape index (κ3) is 1.94. The second-order valence-corrected chi connectivity index (χ2v) is 3.03. The van der Waals surface area contributed by atoms with Crippen LogP contribution in [-0.2, 0) is 4.79 Å². The van der Waals surface area contributed by atoms with Crippen molar-refractivity contribution in [2.45, 2.75) is 0 Å². The van der Waals surface area contributed by atoms with E-state index in [2.05, 4.69) is 0 Å². The summed E-state index contributed by atoms with van der Waals surface area (Å²) in [6, 6.07) is 5.38. The quantitative estimate of drug-likeness (QED) is 0.545. The Kier molecular flexibility index (Phi) is 2.62. The first-order valence-corrected chi connectivity index (χ1v) is 4.07. The summed E-state index contributed by atoms with van der Waals surface area (Å²) in [5.74, 6) is -0.689. The van der Waals surface area contributed by atoms with Crippen molar-refractivity contribution in [2.24, 2.45) is 5.73 Å². The summed E-state index contributed by atoms with van der Waals surface area (Å²) in [7, 11) is 0. The monoisotopic (exact) mass is 178 g/mol. The summed E-state index contributed by atoms with van der Waals surface area (Å²) in [6.07, 6.45) is 1.48. The molecule has 0 saturated carbocycles. The van der Waals surface area contributed by atoms with Crippen LogP contribution in [0.25, 0.3) is 6.08 Å². The third-order valence-corrected chi connectivity index (χ3v) is 2.04. The van der Waals surface area contributed by atoms with E-state index in [-0.39, 0.29) is 5.57 Å². The van der Waals surface area contributed by atoms with E-state index in [0.717, 1.165) is 4.88 Å². The number of thiophene rings is 1. The van der Waals surface area contributed by atoms with Gasteiger partial charge in [0.15, 0.2) is 0 Å². The molecule has 0 bridgehead atoms. The van der Waals surface area contributed by atoms with Gasteiger partial charge in [0.05, 0.1) is 0 Å². The number of hydrogen-bond acceptors (Lipinski definition) is 3. The molecule has 0 saturated heterocycles. The van der Waals surface area contributed by atoms with Crippen molar-refractivity contribution in [3.05, 3.63) is 28.0 Å². The fourth-order valence-corrected chi connectivity index (χ4v) is 1.33. The fraction of sp³-hybridized carbons (Fsp3) is 0. The lowest BCUT2D eigenvalue weighted by Gasteiger charge is -1.87. The van der Waals surface area contributed by atoms with E-state index in [1.165, 1.54) is 17.4 Å². The summed E-state index contributed by atoms with van der Waals surface area (Å²) in [5.41, 5.74) is 4.92. The zero-order valence-corrected chi connectivity index (χ0v) is 6.97. The molecule has 12 heavy (non-hydrogen) atoms. The van der Waals surface area contributed by atoms with Crippen molar-refractivity contribution in [1.82, 2.24) is 0 Å². The van der Waals surface area contributed by atoms with Crippen LogP contribution in [0.4, 0.5) is 0 Å². The van der Waals surface area contributed by atoms with Gasteiger partial charge in [-0.3, -0.25) is 4.79 Å². The van der Waals surface area contributed by atoms with Crippen molar-refractivity contribution in [1.29, 1.82) is 5.26 Å². The maximum absolute atomic E-state index is 10.6. The number of rotatable bonds is 2. The first-order chi connectivity index (χ1) is 5.74. The first kappa shape index (κ1) is 8.50. The van der Waals surface area contributed by atoms with Crippen LogP contribution >= 0.6 is 11.3 Å². The lowest BCUT2D eigenvalue weighted by molar-refractivity contribution is -0.114. The van der Waals surface area contributed by atoms with Crippen LogP contribution in [0.2, 0.25) is 0 Å². The van der Waals surface area contributed by atoms with E-state index >= 15 is 0 Å². The molecule has 4 heteroatoms. The molecule has 1 rings (SSSR count). The highest BCUT2D eigenvalue weighted by Gasteiger charge is 2.02. The zero-order valence-electron chi connectivity index (χ0n) is 6.15. The number of hydrogen-bond donors (Lipinski definition) is 1. The van der Waals surface area contributed by atoms with Gasteiger partial charge in [-0.1, -0.05) is 6.07 Å². The molecular weight excluding hydrogens is 172 g/mol. The molecule has 1 heterocycles. The van der Waals surface area contributed by atoms with Crippen LogP contribution < -0.4 is 5.73 Å². The molecular formula is C8H6N2OS. The van der Waals surface area contributed by atoms with Crippen LogP contribution in [-0.4, -0.2) is 5.91 Å². The summed E-state index contributed by atoms with van der Waals surface area (Å²) < 4.78 is 0. The normalized spacial score (nSPS) is 10.8. The molecule has 0 spiro atoms. The third-order valence-electron chi connectivity index (χ3n) is 1.22. The van der Waals surface area contributed by atoms with Gasteiger partial charge in [-0.15, -0.1) is 11.3 Å². The molecule has 0 aliphatic carbocycles. The fourth-order valence-electron chi connectivity index (χ4n) is 0.674. The molecule has 1 aromatic heterocycles. The minimum absolute atomic E-state index is 0.0162. The Morgan fingerprint density at radius 2 is 2.50 bits per heavy atom. The van der Waals surface area contributed by atoms with Gasteiger partial charge in [0.25, 0.3) is 5.91 Å². The molecule has 0 radical (unpaired) electrons. The summed E-state index contributed by atoms with van der Waals surface area (Å²) >= 11 is 1.45. The Bertz CT molecular complexity index is 346. The topological polar surface area (TPSA) is 66.9 Å². The molecule has 0 aliphatic heterocycles. The van der Waals surface area contributed by atoms with Crippen molar-refractivity contribution in [3.8, 4) is 6.07 Å². The average Bonchev–Trinajstić information content (AvgIpc) is 2.51. The van der Waals surface area contributed by atoms with Crippen LogP contribution in [0, 0.1) is 11.3 Å². The molecule has 0 unspecified atom stereocenters. The molecule has 1 aromatic rings. The SMILES string of the molecule is N#C/C(=C/c1cccs1)C(N)=O. The standard InChI is InChI=1S/C8H6N2OS/c9-5-6(8(10)11)4-7-2-1-3-12-7/h1-4H,(H2,10,11)/b6-4-. The van der Waals surface area contributed by atoms with Crippen molar-refractivity contribution in [3.63, 3.8) is 0 Å². The molecule has 3 nitrogen and oxygen atoms in total. The van der Waals surface area contributed by atoms with Crippen LogP contribution in [0.3, 0.4) is 0 Å². The number of nitrogens with two attached hydrogens (primary N) is 1. The number of primary amides is 1. The molecule has 0 aliphatic rings. The van der Waals surface area contributed by atoms with Crippen molar-refractivity contribution >= 4 is 23.3 Å². The van der Waals surface area contributed by atoms with Crippen LogP contribution in [0.15, 0.2) is 23.1 Å². The second-order valence-electron chi connectivity index (χ2n) is 2.05. The van der Waals surface area contributed by atoms with Gasteiger partial charge in [0.2, 0.25) is 0 Å². The van der Waals surface area contributed by atoms with Gasteiger partial charge in [0.1, 0.15) is 11.6 Å². The Labute approximate surface area is 73.7 Å². The summed E-state index contributed by atoms with van der Waals surface area (Å²) in [5, 5.41) is 10.3. The average molecular weight is 178 g/mol. The Balaban J connectivity index is 2.95.